The summed E-state index contributed by atoms with van der Waals surface area (Å²) in [5.41, 5.74) is 1.09. The van der Waals surface area contributed by atoms with E-state index in [2.05, 4.69) is 0 Å². The van der Waals surface area contributed by atoms with E-state index in [-0.39, 0.29) is 13.2 Å². The Hall–Kier alpha value is -2.38. The third-order valence-corrected chi connectivity index (χ3v) is 4.39. The summed E-state index contributed by atoms with van der Waals surface area (Å²) in [5.74, 6) is 0. The van der Waals surface area contributed by atoms with Gasteiger partial charge in [0.2, 0.25) is 0 Å². The highest BCUT2D eigenvalue weighted by molar-refractivity contribution is 7.85. The fraction of sp³-hybridized carbons (Fsp3) is 0.381. The molecule has 0 unspecified atom stereocenters. The van der Waals surface area contributed by atoms with Gasteiger partial charge in [-0.05, 0) is 31.9 Å². The lowest BCUT2D eigenvalue weighted by Gasteiger charge is -2.34. The van der Waals surface area contributed by atoms with Gasteiger partial charge in [0, 0.05) is 6.54 Å². The van der Waals surface area contributed by atoms with Crippen molar-refractivity contribution in [2.75, 3.05) is 19.4 Å². The zero-order valence-corrected chi connectivity index (χ0v) is 17.5. The van der Waals surface area contributed by atoms with Crippen molar-refractivity contribution in [1.29, 1.82) is 0 Å². The van der Waals surface area contributed by atoms with Crippen molar-refractivity contribution in [3.05, 3.63) is 71.8 Å². The third kappa shape index (κ3) is 6.98. The normalized spacial score (nSPS) is 12.0. The van der Waals surface area contributed by atoms with Crippen LogP contribution in [0.4, 0.5) is 4.79 Å². The summed E-state index contributed by atoms with van der Waals surface area (Å²) >= 11 is 0. The van der Waals surface area contributed by atoms with E-state index >= 15 is 0 Å². The molecule has 1 amide bonds. The Morgan fingerprint density at radius 3 is 1.82 bits per heavy atom. The Morgan fingerprint density at radius 2 is 1.43 bits per heavy atom. The molecule has 152 valence electrons. The number of rotatable bonds is 7. The lowest BCUT2D eigenvalue weighted by molar-refractivity contribution is 0.0165. The zero-order valence-electron chi connectivity index (χ0n) is 16.7. The standard InChI is InChI=1S/C21H27NO5S/c1-21(2,3)27-20(23)22(15-16-26-28(4,24)25)19(17-11-7-5-8-12-17)18-13-9-6-10-14-18/h5-14,19H,15-16H2,1-4H3. The van der Waals surface area contributed by atoms with Crippen LogP contribution in [0.3, 0.4) is 0 Å². The van der Waals surface area contributed by atoms with Crippen molar-refractivity contribution in [3.8, 4) is 0 Å². The minimum absolute atomic E-state index is 0.0520. The minimum Gasteiger partial charge on any atom is -0.444 e. The molecule has 0 spiro atoms. The van der Waals surface area contributed by atoms with Gasteiger partial charge >= 0.3 is 6.09 Å². The van der Waals surface area contributed by atoms with Crippen molar-refractivity contribution in [1.82, 2.24) is 4.90 Å². The van der Waals surface area contributed by atoms with Crippen LogP contribution in [0.1, 0.15) is 37.9 Å². The average Bonchev–Trinajstić information content (AvgIpc) is 2.60. The molecular weight excluding hydrogens is 378 g/mol. The average molecular weight is 406 g/mol. The van der Waals surface area contributed by atoms with Gasteiger partial charge in [-0.2, -0.15) is 8.42 Å². The van der Waals surface area contributed by atoms with E-state index in [1.165, 1.54) is 4.90 Å². The molecule has 6 nitrogen and oxygen atoms in total. The molecule has 2 aromatic carbocycles. The number of hydrogen-bond acceptors (Lipinski definition) is 5. The van der Waals surface area contributed by atoms with Crippen LogP contribution in [0.2, 0.25) is 0 Å². The molecule has 0 saturated heterocycles. The molecule has 2 rings (SSSR count). The van der Waals surface area contributed by atoms with Gasteiger partial charge in [-0.25, -0.2) is 4.79 Å². The smallest absolute Gasteiger partial charge is 0.411 e. The Labute approximate surface area is 167 Å². The highest BCUT2D eigenvalue weighted by Gasteiger charge is 2.30. The van der Waals surface area contributed by atoms with Crippen LogP contribution >= 0.6 is 0 Å². The molecule has 28 heavy (non-hydrogen) atoms. The van der Waals surface area contributed by atoms with Crippen LogP contribution < -0.4 is 0 Å². The maximum Gasteiger partial charge on any atom is 0.411 e. The van der Waals surface area contributed by atoms with Crippen LogP contribution in [0, 0.1) is 0 Å². The highest BCUT2D eigenvalue weighted by atomic mass is 32.2. The van der Waals surface area contributed by atoms with E-state index < -0.39 is 27.9 Å². The summed E-state index contributed by atoms with van der Waals surface area (Å²) in [4.78, 5) is 14.5. The lowest BCUT2D eigenvalue weighted by atomic mass is 9.97. The van der Waals surface area contributed by atoms with Crippen molar-refractivity contribution in [3.63, 3.8) is 0 Å². The van der Waals surface area contributed by atoms with Gasteiger partial charge in [0.05, 0.1) is 18.9 Å². The van der Waals surface area contributed by atoms with E-state index in [0.717, 1.165) is 17.4 Å². The highest BCUT2D eigenvalue weighted by Crippen LogP contribution is 2.30. The first kappa shape index (κ1) is 21.9. The molecule has 0 aliphatic heterocycles. The fourth-order valence-corrected chi connectivity index (χ4v) is 3.13. The molecule has 0 heterocycles. The van der Waals surface area contributed by atoms with Crippen LogP contribution in [0.5, 0.6) is 0 Å². The molecule has 0 atom stereocenters. The first-order valence-corrected chi connectivity index (χ1v) is 10.8. The maximum absolute atomic E-state index is 13.0. The van der Waals surface area contributed by atoms with Crippen molar-refractivity contribution in [2.24, 2.45) is 0 Å². The summed E-state index contributed by atoms with van der Waals surface area (Å²) < 4.78 is 33.2. The molecule has 0 saturated carbocycles. The molecule has 0 N–H and O–H groups in total. The van der Waals surface area contributed by atoms with E-state index in [4.69, 9.17) is 8.92 Å². The second-order valence-electron chi connectivity index (χ2n) is 7.42. The topological polar surface area (TPSA) is 72.9 Å². The van der Waals surface area contributed by atoms with Gasteiger partial charge < -0.3 is 4.74 Å². The summed E-state index contributed by atoms with van der Waals surface area (Å²) in [6.07, 6.45) is 0.443. The Kier molecular flexibility index (Phi) is 7.21. The summed E-state index contributed by atoms with van der Waals surface area (Å²) in [7, 11) is -3.61. The van der Waals surface area contributed by atoms with Crippen LogP contribution in [0.25, 0.3) is 0 Å². The number of ether oxygens (including phenoxy) is 1. The molecule has 0 radical (unpaired) electrons. The Morgan fingerprint density at radius 1 is 0.964 bits per heavy atom. The van der Waals surface area contributed by atoms with E-state index in [0.29, 0.717) is 0 Å². The Bertz CT molecular complexity index is 821. The van der Waals surface area contributed by atoms with Crippen LogP contribution in [0.15, 0.2) is 60.7 Å². The SMILES string of the molecule is CC(C)(C)OC(=O)N(CCOS(C)(=O)=O)C(c1ccccc1)c1ccccc1. The summed E-state index contributed by atoms with van der Waals surface area (Å²) in [6.45, 7) is 5.26. The van der Waals surface area contributed by atoms with Gasteiger partial charge in [0.1, 0.15) is 5.60 Å². The van der Waals surface area contributed by atoms with E-state index in [9.17, 15) is 13.2 Å². The van der Waals surface area contributed by atoms with Gasteiger partial charge in [0.25, 0.3) is 10.1 Å². The first-order chi connectivity index (χ1) is 13.1. The predicted molar refractivity (Wildman–Crippen MR) is 108 cm³/mol. The second kappa shape index (κ2) is 9.21. The number of nitrogens with zero attached hydrogens (tertiary/aromatic N) is 1. The van der Waals surface area contributed by atoms with E-state index in [1.54, 1.807) is 20.8 Å². The molecule has 0 aliphatic rings. The molecule has 2 aromatic rings. The quantitative estimate of drug-likeness (QED) is 0.651. The van der Waals surface area contributed by atoms with Gasteiger partial charge in [-0.15, -0.1) is 0 Å². The number of hydrogen-bond donors (Lipinski definition) is 0. The monoisotopic (exact) mass is 405 g/mol. The molecular formula is C21H27NO5S. The first-order valence-electron chi connectivity index (χ1n) is 9.01. The Balaban J connectivity index is 2.43. The minimum atomic E-state index is -3.61. The van der Waals surface area contributed by atoms with Crippen molar-refractivity contribution >= 4 is 16.2 Å². The van der Waals surface area contributed by atoms with Gasteiger partial charge in [-0.1, -0.05) is 60.7 Å². The maximum atomic E-state index is 13.0. The molecule has 0 aromatic heterocycles. The largest absolute Gasteiger partial charge is 0.444 e. The van der Waals surface area contributed by atoms with Crippen LogP contribution in [-0.2, 0) is 19.0 Å². The molecule has 0 aliphatic carbocycles. The lowest BCUT2D eigenvalue weighted by Crippen LogP contribution is -2.41. The van der Waals surface area contributed by atoms with E-state index in [1.807, 2.05) is 60.7 Å². The molecule has 7 heteroatoms. The fourth-order valence-electron chi connectivity index (χ4n) is 2.76. The summed E-state index contributed by atoms with van der Waals surface area (Å²) in [5, 5.41) is 0. The second-order valence-corrected chi connectivity index (χ2v) is 9.07. The number of amides is 1. The molecule has 0 fully saturated rings. The van der Waals surface area contributed by atoms with Crippen molar-refractivity contribution < 1.29 is 22.1 Å². The third-order valence-electron chi connectivity index (χ3n) is 3.80. The molecule has 0 bridgehead atoms. The summed E-state index contributed by atoms with van der Waals surface area (Å²) in [6, 6.07) is 18.6. The number of carbonyl (C=O) groups excluding carboxylic acids is 1. The van der Waals surface area contributed by atoms with Gasteiger partial charge in [0.15, 0.2) is 0 Å². The zero-order chi connectivity index (χ0) is 20.8. The van der Waals surface area contributed by atoms with Gasteiger partial charge in [-0.3, -0.25) is 9.08 Å². The van der Waals surface area contributed by atoms with Crippen LogP contribution in [-0.4, -0.2) is 44.4 Å². The van der Waals surface area contributed by atoms with Crippen molar-refractivity contribution in [2.45, 2.75) is 32.4 Å². The number of benzene rings is 2. The predicted octanol–water partition coefficient (Wildman–Crippen LogP) is 3.99. The number of carbonyl (C=O) groups is 1.